The van der Waals surface area contributed by atoms with Crippen LogP contribution in [0.1, 0.15) is 5.69 Å². The number of aryl methyl sites for hydroxylation is 1. The van der Waals surface area contributed by atoms with Crippen molar-refractivity contribution in [3.05, 3.63) is 30.1 Å². The van der Waals surface area contributed by atoms with Crippen molar-refractivity contribution in [2.24, 2.45) is 0 Å². The van der Waals surface area contributed by atoms with E-state index in [1.165, 1.54) is 0 Å². The maximum absolute atomic E-state index is 3.92. The number of hydrogen-bond donors (Lipinski definition) is 0. The van der Waals surface area contributed by atoms with Gasteiger partial charge in [0.25, 0.3) is 0 Å². The molecule has 0 N–H and O–H groups in total. The summed E-state index contributed by atoms with van der Waals surface area (Å²) in [6, 6.07) is 6.59. The fourth-order valence-corrected chi connectivity index (χ4v) is 0.394. The van der Waals surface area contributed by atoms with E-state index in [4.69, 9.17) is 0 Å². The van der Waals surface area contributed by atoms with Crippen molar-refractivity contribution in [1.29, 1.82) is 0 Å². The van der Waals surface area contributed by atoms with E-state index in [2.05, 4.69) is 11.1 Å². The van der Waals surface area contributed by atoms with Crippen molar-refractivity contribution in [2.75, 3.05) is 0 Å². The molecular weight excluding hydrogens is 93.0 g/mol. The third-order valence-electron chi connectivity index (χ3n) is 0.763. The van der Waals surface area contributed by atoms with Gasteiger partial charge in [0.2, 0.25) is 0 Å². The van der Waals surface area contributed by atoms with Crippen molar-refractivity contribution >= 4 is 0 Å². The smallest absolute Gasteiger partial charge is 0.301 e. The third-order valence-corrected chi connectivity index (χ3v) is 0.763. The van der Waals surface area contributed by atoms with Gasteiger partial charge in [-0.1, -0.05) is 6.20 Å². The van der Waals surface area contributed by atoms with Crippen LogP contribution in [-0.2, 0) is 0 Å². The summed E-state index contributed by atoms with van der Waals surface area (Å²) in [5.41, 5.74) is 1.04. The van der Waals surface area contributed by atoms with Gasteiger partial charge in [-0.3, -0.25) is 0 Å². The van der Waals surface area contributed by atoms with Gasteiger partial charge in [0.1, 0.15) is 0 Å². The molecule has 36 valence electrons. The van der Waals surface area contributed by atoms with Gasteiger partial charge in [-0.15, -0.1) is 0 Å². The van der Waals surface area contributed by atoms with Gasteiger partial charge in [-0.05, 0) is 12.6 Å². The summed E-state index contributed by atoms with van der Waals surface area (Å²) in [5.74, 6) is 0. The zero-order valence-electron chi connectivity index (χ0n) is 5.18. The Morgan fingerprint density at radius 1 is 1.62 bits per heavy atom. The number of pyridine rings is 1. The maximum atomic E-state index is 3.92. The zero-order valence-corrected chi connectivity index (χ0v) is 5.18. The van der Waals surface area contributed by atoms with Crippen molar-refractivity contribution in [3.63, 3.8) is 0 Å². The standard InChI is InChI=1S/C6H6N.Li/c1-6-4-2-3-5-7-6;/h2,4-5H,1H3;/q-1;+1. The minimum Gasteiger partial charge on any atom is -0.301 e. The molecule has 0 aliphatic heterocycles. The first-order valence-corrected chi connectivity index (χ1v) is 2.18. The summed E-state index contributed by atoms with van der Waals surface area (Å²) in [6.07, 6.45) is 1.66. The molecule has 0 aliphatic carbocycles. The van der Waals surface area contributed by atoms with Crippen LogP contribution in [0.3, 0.4) is 0 Å². The molecule has 8 heavy (non-hydrogen) atoms. The largest absolute Gasteiger partial charge is 1.00 e. The SMILES string of the molecule is Cc1cc[c-]cn1.[Li+]. The number of rotatable bonds is 0. The van der Waals surface area contributed by atoms with Gasteiger partial charge < -0.3 is 4.98 Å². The molecular formula is C6H6LiN. The molecule has 0 spiro atoms. The molecule has 1 aromatic heterocycles. The van der Waals surface area contributed by atoms with Gasteiger partial charge in [0.05, 0.1) is 0 Å². The fourth-order valence-electron chi connectivity index (χ4n) is 0.394. The quantitative estimate of drug-likeness (QED) is 0.276. The first kappa shape index (κ1) is 7.75. The minimum absolute atomic E-state index is 0. The van der Waals surface area contributed by atoms with E-state index in [1.807, 2.05) is 19.1 Å². The van der Waals surface area contributed by atoms with Gasteiger partial charge in [0.15, 0.2) is 0 Å². The van der Waals surface area contributed by atoms with Crippen LogP contribution in [0, 0.1) is 13.0 Å². The molecule has 0 saturated heterocycles. The molecule has 1 aromatic rings. The van der Waals surface area contributed by atoms with Gasteiger partial charge in [-0.25, -0.2) is 12.1 Å². The predicted molar refractivity (Wildman–Crippen MR) is 27.8 cm³/mol. The number of nitrogens with zero attached hydrogens (tertiary/aromatic N) is 1. The zero-order chi connectivity index (χ0) is 5.11. The van der Waals surface area contributed by atoms with Crippen LogP contribution in [0.15, 0.2) is 18.3 Å². The van der Waals surface area contributed by atoms with E-state index in [-0.39, 0.29) is 18.9 Å². The van der Waals surface area contributed by atoms with Crippen molar-refractivity contribution in [3.8, 4) is 0 Å². The van der Waals surface area contributed by atoms with Crippen LogP contribution >= 0.6 is 0 Å². The molecule has 1 heterocycles. The second kappa shape index (κ2) is 3.71. The van der Waals surface area contributed by atoms with Crippen LogP contribution in [0.4, 0.5) is 0 Å². The fraction of sp³-hybridized carbons (Fsp3) is 0.167. The van der Waals surface area contributed by atoms with Gasteiger partial charge >= 0.3 is 18.9 Å². The topological polar surface area (TPSA) is 12.9 Å². The summed E-state index contributed by atoms with van der Waals surface area (Å²) in [7, 11) is 0. The summed E-state index contributed by atoms with van der Waals surface area (Å²) >= 11 is 0. The van der Waals surface area contributed by atoms with Crippen LogP contribution < -0.4 is 18.9 Å². The number of aromatic nitrogens is 1. The average molecular weight is 99.1 g/mol. The summed E-state index contributed by atoms with van der Waals surface area (Å²) in [4.78, 5) is 3.92. The van der Waals surface area contributed by atoms with Crippen LogP contribution in [-0.4, -0.2) is 4.98 Å². The Hall–Kier alpha value is -0.253. The molecule has 0 fully saturated rings. The number of hydrogen-bond acceptors (Lipinski definition) is 1. The van der Waals surface area contributed by atoms with Crippen molar-refractivity contribution in [1.82, 2.24) is 4.98 Å². The second-order valence-corrected chi connectivity index (χ2v) is 1.40. The Bertz CT molecular complexity index is 138. The molecule has 0 bridgehead atoms. The Morgan fingerprint density at radius 2 is 2.38 bits per heavy atom. The molecule has 0 saturated carbocycles. The van der Waals surface area contributed by atoms with Crippen LogP contribution in [0.5, 0.6) is 0 Å². The summed E-state index contributed by atoms with van der Waals surface area (Å²) < 4.78 is 0. The third kappa shape index (κ3) is 2.16. The van der Waals surface area contributed by atoms with E-state index >= 15 is 0 Å². The van der Waals surface area contributed by atoms with Crippen molar-refractivity contribution < 1.29 is 18.9 Å². The van der Waals surface area contributed by atoms with E-state index in [9.17, 15) is 0 Å². The van der Waals surface area contributed by atoms with Gasteiger partial charge in [0, 0.05) is 0 Å². The van der Waals surface area contributed by atoms with Crippen molar-refractivity contribution in [2.45, 2.75) is 6.92 Å². The maximum Gasteiger partial charge on any atom is 1.00 e. The van der Waals surface area contributed by atoms with Crippen LogP contribution in [0.25, 0.3) is 0 Å². The first-order valence-electron chi connectivity index (χ1n) is 2.18. The normalized spacial score (nSPS) is 7.62. The molecule has 0 aliphatic rings. The van der Waals surface area contributed by atoms with E-state index < -0.39 is 0 Å². The minimum atomic E-state index is 0. The monoisotopic (exact) mass is 99.1 g/mol. The summed E-state index contributed by atoms with van der Waals surface area (Å²) in [6.45, 7) is 1.95. The molecule has 1 rings (SSSR count). The van der Waals surface area contributed by atoms with E-state index in [0.717, 1.165) is 5.69 Å². The van der Waals surface area contributed by atoms with Crippen LogP contribution in [0.2, 0.25) is 0 Å². The molecule has 1 nitrogen and oxygen atoms in total. The first-order chi connectivity index (χ1) is 3.39. The molecule has 0 amide bonds. The molecule has 0 unspecified atom stereocenters. The molecule has 0 atom stereocenters. The molecule has 0 aromatic carbocycles. The Balaban J connectivity index is 0.000000490. The Kier molecular flexibility index (Phi) is 3.60. The second-order valence-electron chi connectivity index (χ2n) is 1.40. The molecule has 2 heteroatoms. The predicted octanol–water partition coefficient (Wildman–Crippen LogP) is -1.81. The average Bonchev–Trinajstić information content (AvgIpc) is 1.69. The molecule has 0 radical (unpaired) electrons. The van der Waals surface area contributed by atoms with E-state index in [1.54, 1.807) is 6.20 Å². The van der Waals surface area contributed by atoms with Gasteiger partial charge in [-0.2, -0.15) is 6.07 Å². The summed E-state index contributed by atoms with van der Waals surface area (Å²) in [5, 5.41) is 0. The Labute approximate surface area is 61.3 Å². The Morgan fingerprint density at radius 3 is 2.62 bits per heavy atom. The van der Waals surface area contributed by atoms with E-state index in [0.29, 0.717) is 0 Å².